The van der Waals surface area contributed by atoms with Gasteiger partial charge in [-0.25, -0.2) is 0 Å². The highest BCUT2D eigenvalue weighted by molar-refractivity contribution is 8.01. The quantitative estimate of drug-likeness (QED) is 0.345. The summed E-state index contributed by atoms with van der Waals surface area (Å²) in [5.41, 5.74) is 1.45. The van der Waals surface area contributed by atoms with Crippen LogP contribution in [0.25, 0.3) is 0 Å². The predicted octanol–water partition coefficient (Wildman–Crippen LogP) is 3.03. The van der Waals surface area contributed by atoms with E-state index in [-0.39, 0.29) is 23.5 Å². The minimum absolute atomic E-state index is 0.156. The number of ketones is 1. The molecule has 9 heteroatoms. The number of carbonyl (C=O) groups excluding carboxylic acids is 3. The number of aliphatic hydroxyl groups excluding tert-OH is 1. The van der Waals surface area contributed by atoms with E-state index in [0.29, 0.717) is 5.56 Å². The van der Waals surface area contributed by atoms with Crippen molar-refractivity contribution >= 4 is 35.4 Å². The van der Waals surface area contributed by atoms with Gasteiger partial charge < -0.3 is 20.3 Å². The van der Waals surface area contributed by atoms with Crippen LogP contribution in [0.5, 0.6) is 5.75 Å². The Bertz CT molecular complexity index is 1150. The number of hydrogen-bond donors (Lipinski definition) is 3. The van der Waals surface area contributed by atoms with Gasteiger partial charge in [-0.3, -0.25) is 19.2 Å². The summed E-state index contributed by atoms with van der Waals surface area (Å²) >= 11 is 1.38. The molecule has 0 aliphatic carbocycles. The van der Waals surface area contributed by atoms with E-state index in [4.69, 9.17) is 4.74 Å². The number of rotatable bonds is 9. The number of nitrogens with one attached hydrogen (secondary N) is 1. The number of aliphatic carboxylic acids is 1. The first-order valence-corrected chi connectivity index (χ1v) is 12.6. The molecular weight excluding hydrogens is 482 g/mol. The second kappa shape index (κ2) is 11.3. The average Bonchev–Trinajstić information content (AvgIpc) is 3.14. The zero-order chi connectivity index (χ0) is 26.6. The fourth-order valence-corrected chi connectivity index (χ4v) is 6.00. The molecule has 0 aromatic heterocycles. The Morgan fingerprint density at radius 1 is 1.11 bits per heavy atom. The van der Waals surface area contributed by atoms with Gasteiger partial charge in [0.25, 0.3) is 5.91 Å². The molecule has 1 saturated heterocycles. The van der Waals surface area contributed by atoms with Crippen LogP contribution in [0.4, 0.5) is 0 Å². The molecule has 0 bridgehead atoms. The molecule has 3 unspecified atom stereocenters. The summed E-state index contributed by atoms with van der Waals surface area (Å²) in [4.78, 5) is 50.0. The Kier molecular flexibility index (Phi) is 8.58. The van der Waals surface area contributed by atoms with Crippen molar-refractivity contribution in [2.75, 3.05) is 5.75 Å². The van der Waals surface area contributed by atoms with E-state index in [1.54, 1.807) is 39.0 Å². The Morgan fingerprint density at radius 2 is 1.78 bits per heavy atom. The van der Waals surface area contributed by atoms with Crippen LogP contribution in [0, 0.1) is 18.8 Å². The van der Waals surface area contributed by atoms with Crippen molar-refractivity contribution in [1.82, 2.24) is 5.32 Å². The number of carbonyl (C=O) groups is 4. The monoisotopic (exact) mass is 513 g/mol. The number of aliphatic hydroxyl groups is 1. The second-order valence-electron chi connectivity index (χ2n) is 9.48. The van der Waals surface area contributed by atoms with Gasteiger partial charge in [-0.05, 0) is 44.9 Å². The van der Waals surface area contributed by atoms with Crippen molar-refractivity contribution in [2.45, 2.75) is 51.0 Å². The molecule has 1 fully saturated rings. The highest BCUT2D eigenvalue weighted by Gasteiger charge is 2.52. The Hall–Kier alpha value is -3.17. The molecule has 192 valence electrons. The number of ether oxygens (including phenoxy) is 1. The first-order valence-electron chi connectivity index (χ1n) is 11.6. The van der Waals surface area contributed by atoms with Crippen molar-refractivity contribution < 1.29 is 34.1 Å². The van der Waals surface area contributed by atoms with Gasteiger partial charge in [0, 0.05) is 34.5 Å². The molecule has 3 rings (SSSR count). The summed E-state index contributed by atoms with van der Waals surface area (Å²) in [6.45, 7) is 6.45. The summed E-state index contributed by atoms with van der Waals surface area (Å²) < 4.78 is 4.49. The first kappa shape index (κ1) is 27.4. The Balaban J connectivity index is 1.89. The smallest absolute Gasteiger partial charge is 0.308 e. The van der Waals surface area contributed by atoms with Crippen LogP contribution in [-0.2, 0) is 20.8 Å². The molecule has 0 saturated carbocycles. The molecule has 1 aliphatic heterocycles. The van der Waals surface area contributed by atoms with Crippen LogP contribution >= 0.6 is 11.8 Å². The molecule has 0 spiro atoms. The summed E-state index contributed by atoms with van der Waals surface area (Å²) in [7, 11) is 0. The van der Waals surface area contributed by atoms with Crippen LogP contribution in [-0.4, -0.2) is 56.5 Å². The summed E-state index contributed by atoms with van der Waals surface area (Å²) in [5.74, 6) is -4.10. The summed E-state index contributed by atoms with van der Waals surface area (Å²) in [5, 5.41) is 23.7. The Morgan fingerprint density at radius 3 is 2.39 bits per heavy atom. The van der Waals surface area contributed by atoms with E-state index < -0.39 is 52.4 Å². The SMILES string of the molecule is CC(=O)Oc1cccc(C(=O)NC(Cc2ccccc2)[C@H](O)C(=O)C2CSC(C)(C)C2C(=O)O)c1C. The highest BCUT2D eigenvalue weighted by Crippen LogP contribution is 2.47. The number of benzene rings is 2. The van der Waals surface area contributed by atoms with Crippen molar-refractivity contribution in [3.05, 3.63) is 65.2 Å². The number of carboxylic acids is 1. The topological polar surface area (TPSA) is 130 Å². The number of amides is 1. The van der Waals surface area contributed by atoms with E-state index in [1.807, 2.05) is 30.3 Å². The van der Waals surface area contributed by atoms with Crippen LogP contribution in [0.2, 0.25) is 0 Å². The number of esters is 1. The standard InChI is InChI=1S/C27H31NO7S/c1-15-18(11-8-12-21(15)35-16(2)29)25(32)28-20(13-17-9-6-5-7-10-17)24(31)23(30)19-14-36-27(3,4)22(19)26(33)34/h5-12,19-20,22,24,31H,13-14H2,1-4H3,(H,28,32)(H,33,34)/t19?,20?,22?,24-/m0/s1. The minimum Gasteiger partial charge on any atom is -0.481 e. The molecule has 1 amide bonds. The van der Waals surface area contributed by atoms with Gasteiger partial charge in [-0.1, -0.05) is 36.4 Å². The largest absolute Gasteiger partial charge is 0.481 e. The zero-order valence-corrected chi connectivity index (χ0v) is 21.5. The van der Waals surface area contributed by atoms with E-state index in [2.05, 4.69) is 5.32 Å². The average molecular weight is 514 g/mol. The number of carboxylic acid groups (broad SMARTS) is 1. The predicted molar refractivity (Wildman–Crippen MR) is 136 cm³/mol. The number of hydrogen-bond acceptors (Lipinski definition) is 7. The molecule has 2 aromatic carbocycles. The van der Waals surface area contributed by atoms with Gasteiger partial charge >= 0.3 is 11.9 Å². The normalized spacial score (nSPS) is 20.2. The lowest BCUT2D eigenvalue weighted by atomic mass is 9.79. The summed E-state index contributed by atoms with van der Waals surface area (Å²) in [6.07, 6.45) is -1.46. The van der Waals surface area contributed by atoms with Crippen LogP contribution in [0.1, 0.15) is 42.3 Å². The molecule has 0 radical (unpaired) electrons. The van der Waals surface area contributed by atoms with E-state index >= 15 is 0 Å². The lowest BCUT2D eigenvalue weighted by molar-refractivity contribution is -0.149. The zero-order valence-electron chi connectivity index (χ0n) is 20.7. The Labute approximate surface area is 214 Å². The maximum absolute atomic E-state index is 13.4. The van der Waals surface area contributed by atoms with Gasteiger partial charge in [-0.15, -0.1) is 0 Å². The molecule has 2 aromatic rings. The van der Waals surface area contributed by atoms with Gasteiger partial charge in [0.2, 0.25) is 0 Å². The van der Waals surface area contributed by atoms with Crippen molar-refractivity contribution in [3.63, 3.8) is 0 Å². The molecular formula is C27H31NO7S. The fourth-order valence-electron chi connectivity index (χ4n) is 4.59. The maximum Gasteiger partial charge on any atom is 0.308 e. The highest BCUT2D eigenvalue weighted by atomic mass is 32.2. The van der Waals surface area contributed by atoms with Gasteiger partial charge in [0.1, 0.15) is 11.9 Å². The van der Waals surface area contributed by atoms with Crippen LogP contribution in [0.3, 0.4) is 0 Å². The van der Waals surface area contributed by atoms with Crippen molar-refractivity contribution in [1.29, 1.82) is 0 Å². The van der Waals surface area contributed by atoms with E-state index in [0.717, 1.165) is 5.56 Å². The van der Waals surface area contributed by atoms with Crippen molar-refractivity contribution in [3.8, 4) is 5.75 Å². The molecule has 1 heterocycles. The van der Waals surface area contributed by atoms with Crippen molar-refractivity contribution in [2.24, 2.45) is 11.8 Å². The van der Waals surface area contributed by atoms with E-state index in [9.17, 15) is 29.4 Å². The second-order valence-corrected chi connectivity index (χ2v) is 11.2. The third-order valence-corrected chi connectivity index (χ3v) is 8.01. The number of thioether (sulfide) groups is 1. The molecule has 4 atom stereocenters. The fraction of sp³-hybridized carbons (Fsp3) is 0.407. The lowest BCUT2D eigenvalue weighted by Gasteiger charge is -2.29. The maximum atomic E-state index is 13.4. The van der Waals surface area contributed by atoms with Gasteiger partial charge in [-0.2, -0.15) is 11.8 Å². The summed E-state index contributed by atoms with van der Waals surface area (Å²) in [6, 6.07) is 12.8. The van der Waals surface area contributed by atoms with Crippen LogP contribution in [0.15, 0.2) is 48.5 Å². The molecule has 36 heavy (non-hydrogen) atoms. The third-order valence-electron chi connectivity index (χ3n) is 6.49. The minimum atomic E-state index is -1.62. The lowest BCUT2D eigenvalue weighted by Crippen LogP contribution is -2.51. The van der Waals surface area contributed by atoms with Gasteiger partial charge in [0.15, 0.2) is 5.78 Å². The van der Waals surface area contributed by atoms with Crippen LogP contribution < -0.4 is 10.1 Å². The third kappa shape index (κ3) is 6.14. The molecule has 3 N–H and O–H groups in total. The molecule has 8 nitrogen and oxygen atoms in total. The molecule has 1 aliphatic rings. The van der Waals surface area contributed by atoms with Gasteiger partial charge in [0.05, 0.1) is 12.0 Å². The first-order chi connectivity index (χ1) is 16.9. The number of Topliss-reactive ketones (excluding diaryl/α,β-unsaturated/α-hetero) is 1. The van der Waals surface area contributed by atoms with E-state index in [1.165, 1.54) is 18.7 Å².